The van der Waals surface area contributed by atoms with Gasteiger partial charge in [-0.05, 0) is 20.9 Å². The summed E-state index contributed by atoms with van der Waals surface area (Å²) in [5, 5.41) is 0. The molecular weight excluding hydrogens is 433 g/mol. The number of likely N-dealkylation sites (N-methyl/N-ethyl adjacent to an activating group) is 1. The number of halogens is 3. The van der Waals surface area contributed by atoms with Crippen LogP contribution in [0.2, 0.25) is 0 Å². The Morgan fingerprint density at radius 3 is 2.19 bits per heavy atom. The topological polar surface area (TPSA) is 111 Å². The van der Waals surface area contributed by atoms with Crippen LogP contribution < -0.4 is 4.72 Å². The first kappa shape index (κ1) is 23.5. The zero-order valence-corrected chi connectivity index (χ0v) is 17.3. The van der Waals surface area contributed by atoms with E-state index in [0.29, 0.717) is 0 Å². The Morgan fingerprint density at radius 1 is 1.27 bits per heavy atom. The van der Waals surface area contributed by atoms with Crippen molar-refractivity contribution in [2.24, 2.45) is 0 Å². The molecule has 0 aromatic rings. The van der Waals surface area contributed by atoms with E-state index in [1.165, 1.54) is 31.0 Å². The van der Waals surface area contributed by atoms with Gasteiger partial charge in [-0.15, -0.1) is 0 Å². The van der Waals surface area contributed by atoms with Crippen molar-refractivity contribution in [2.75, 3.05) is 26.7 Å². The van der Waals surface area contributed by atoms with Gasteiger partial charge < -0.3 is 9.31 Å². The lowest BCUT2D eigenvalue weighted by Gasteiger charge is -2.32. The Morgan fingerprint density at radius 2 is 1.77 bits per heavy atom. The molecular formula is C12H18BCl3N2O7S. The van der Waals surface area contributed by atoms with Crippen LogP contribution in [-0.2, 0) is 33.4 Å². The number of rotatable bonds is 6. The molecule has 1 saturated heterocycles. The van der Waals surface area contributed by atoms with Crippen LogP contribution in [0.15, 0.2) is 12.2 Å². The van der Waals surface area contributed by atoms with Crippen LogP contribution >= 0.6 is 34.8 Å². The minimum atomic E-state index is -4.46. The summed E-state index contributed by atoms with van der Waals surface area (Å²) in [7, 11) is -4.50. The van der Waals surface area contributed by atoms with Crippen molar-refractivity contribution >= 4 is 64.2 Å². The van der Waals surface area contributed by atoms with E-state index in [2.05, 4.69) is 8.91 Å². The smallest absolute Gasteiger partial charge is 0.497 e. The molecule has 0 bridgehead atoms. The summed E-state index contributed by atoms with van der Waals surface area (Å²) >= 11 is 16.4. The summed E-state index contributed by atoms with van der Waals surface area (Å²) in [5.74, 6) is -1.41. The molecule has 9 nitrogen and oxygen atoms in total. The first-order valence-electron chi connectivity index (χ1n) is 7.23. The van der Waals surface area contributed by atoms with Crippen LogP contribution in [0.4, 0.5) is 0 Å². The Labute approximate surface area is 167 Å². The third-order valence-electron chi connectivity index (χ3n) is 3.00. The Hall–Kier alpha value is -0.555. The van der Waals surface area contributed by atoms with E-state index >= 15 is 0 Å². The molecule has 1 aliphatic heterocycles. The lowest BCUT2D eigenvalue weighted by Crippen LogP contribution is -2.61. The van der Waals surface area contributed by atoms with Crippen molar-refractivity contribution in [1.29, 1.82) is 0 Å². The molecule has 1 aliphatic rings. The molecule has 1 rings (SSSR count). The summed E-state index contributed by atoms with van der Waals surface area (Å²) in [6, 6.07) is 0. The second kappa shape index (κ2) is 9.09. The van der Waals surface area contributed by atoms with E-state index in [9.17, 15) is 18.0 Å². The Bertz CT molecular complexity index is 650. The zero-order valence-electron chi connectivity index (χ0n) is 14.2. The van der Waals surface area contributed by atoms with Crippen LogP contribution in [0.1, 0.15) is 13.8 Å². The second-order valence-electron chi connectivity index (χ2n) is 5.70. The number of hydrogen-bond acceptors (Lipinski definition) is 8. The average Bonchev–Trinajstić information content (AvgIpc) is 2.41. The van der Waals surface area contributed by atoms with Gasteiger partial charge in [-0.1, -0.05) is 47.0 Å². The number of carbonyl (C=O) groups is 2. The van der Waals surface area contributed by atoms with Crippen molar-refractivity contribution in [3.05, 3.63) is 12.2 Å². The summed E-state index contributed by atoms with van der Waals surface area (Å²) in [5.41, 5.74) is -1.66. The largest absolute Gasteiger partial charge is 0.625 e. The van der Waals surface area contributed by atoms with Crippen LogP contribution in [0.3, 0.4) is 0 Å². The molecule has 0 saturated carbocycles. The third kappa shape index (κ3) is 7.99. The fraction of sp³-hybridized carbons (Fsp3) is 0.667. The van der Waals surface area contributed by atoms with Crippen LogP contribution in [0.25, 0.3) is 0 Å². The first-order chi connectivity index (χ1) is 11.8. The minimum Gasteiger partial charge on any atom is -0.497 e. The quantitative estimate of drug-likeness (QED) is 0.355. The van der Waals surface area contributed by atoms with Crippen LogP contribution in [-0.4, -0.2) is 68.3 Å². The molecule has 148 valence electrons. The minimum absolute atomic E-state index is 0.173. The number of carbonyl (C=O) groups excluding carboxylic acids is 2. The zero-order chi connectivity index (χ0) is 20.2. The monoisotopic (exact) mass is 450 g/mol. The predicted molar refractivity (Wildman–Crippen MR) is 97.0 cm³/mol. The highest BCUT2D eigenvalue weighted by molar-refractivity contribution is 7.84. The number of nitrogens with zero attached hydrogens (tertiary/aromatic N) is 1. The van der Waals surface area contributed by atoms with Crippen molar-refractivity contribution < 1.29 is 31.5 Å². The maximum atomic E-state index is 12.1. The van der Waals surface area contributed by atoms with Gasteiger partial charge >= 0.3 is 29.4 Å². The molecule has 14 heteroatoms. The fourth-order valence-electron chi connectivity index (χ4n) is 2.03. The van der Waals surface area contributed by atoms with Gasteiger partial charge in [-0.25, -0.2) is 0 Å². The van der Waals surface area contributed by atoms with Crippen molar-refractivity contribution in [3.63, 3.8) is 0 Å². The van der Waals surface area contributed by atoms with E-state index in [-0.39, 0.29) is 13.1 Å². The third-order valence-corrected chi connectivity index (χ3v) is 4.45. The fourth-order valence-corrected chi connectivity index (χ4v) is 3.48. The lowest BCUT2D eigenvalue weighted by molar-refractivity contribution is -0.146. The molecule has 26 heavy (non-hydrogen) atoms. The van der Waals surface area contributed by atoms with Gasteiger partial charge in [0.05, 0.1) is 13.1 Å². The molecule has 1 atom stereocenters. The van der Waals surface area contributed by atoms with Gasteiger partial charge in [-0.2, -0.15) is 13.1 Å². The molecule has 1 heterocycles. The Balaban J connectivity index is 3.06. The van der Waals surface area contributed by atoms with E-state index in [4.69, 9.17) is 44.1 Å². The highest BCUT2D eigenvalue weighted by Gasteiger charge is 2.50. The van der Waals surface area contributed by atoms with E-state index in [1.54, 1.807) is 6.92 Å². The van der Waals surface area contributed by atoms with E-state index in [1.807, 2.05) is 0 Å². The SMILES string of the molecule is C/C=C/C(C)(NS(=O)(=O)OCC(Cl)(Cl)Cl)B1OC(=O)CN(C)CC(=O)O1. The maximum absolute atomic E-state index is 12.1. The molecule has 0 aromatic carbocycles. The summed E-state index contributed by atoms with van der Waals surface area (Å²) < 4.78 is 39.3. The molecule has 0 amide bonds. The molecule has 1 unspecified atom stereocenters. The van der Waals surface area contributed by atoms with Gasteiger partial charge in [0.25, 0.3) is 0 Å². The van der Waals surface area contributed by atoms with E-state index in [0.717, 1.165) is 0 Å². The van der Waals surface area contributed by atoms with Gasteiger partial charge in [0.15, 0.2) is 0 Å². The first-order valence-corrected chi connectivity index (χ1v) is 9.77. The highest BCUT2D eigenvalue weighted by Crippen LogP contribution is 2.27. The second-order valence-corrected chi connectivity index (χ2v) is 9.56. The highest BCUT2D eigenvalue weighted by atomic mass is 35.6. The summed E-state index contributed by atoms with van der Waals surface area (Å²) in [4.78, 5) is 25.2. The normalized spacial score (nSPS) is 20.3. The molecule has 1 N–H and O–H groups in total. The molecule has 0 aliphatic carbocycles. The van der Waals surface area contributed by atoms with Crippen LogP contribution in [0.5, 0.6) is 0 Å². The van der Waals surface area contributed by atoms with Gasteiger partial charge in [0.1, 0.15) is 12.0 Å². The maximum Gasteiger partial charge on any atom is 0.625 e. The molecule has 0 aromatic heterocycles. The van der Waals surface area contributed by atoms with Crippen molar-refractivity contribution in [2.45, 2.75) is 23.1 Å². The van der Waals surface area contributed by atoms with Gasteiger partial charge in [0.2, 0.25) is 3.79 Å². The summed E-state index contributed by atoms with van der Waals surface area (Å²) in [6.07, 6.45) is 2.81. The Kier molecular flexibility index (Phi) is 8.21. The lowest BCUT2D eigenvalue weighted by atomic mass is 9.65. The average molecular weight is 452 g/mol. The molecule has 0 radical (unpaired) electrons. The van der Waals surface area contributed by atoms with Crippen LogP contribution in [0, 0.1) is 0 Å². The number of hydrogen-bond donors (Lipinski definition) is 1. The van der Waals surface area contributed by atoms with Crippen molar-refractivity contribution in [3.8, 4) is 0 Å². The predicted octanol–water partition coefficient (Wildman–Crippen LogP) is 0.602. The molecule has 1 fully saturated rings. The van der Waals surface area contributed by atoms with Crippen molar-refractivity contribution in [1.82, 2.24) is 9.62 Å². The number of allylic oxidation sites excluding steroid dienone is 1. The van der Waals surface area contributed by atoms with Gasteiger partial charge in [-0.3, -0.25) is 18.7 Å². The number of alkyl halides is 3. The molecule has 0 spiro atoms. The summed E-state index contributed by atoms with van der Waals surface area (Å²) in [6.45, 7) is 1.82. The van der Waals surface area contributed by atoms with Gasteiger partial charge in [0, 0.05) is 0 Å². The number of nitrogens with one attached hydrogen (secondary N) is 1. The van der Waals surface area contributed by atoms with E-state index < -0.39 is 45.2 Å². The standard InChI is InChI=1S/C12H18BCl3N2O7S/c1-4-5-11(2,17-26(21,22)23-8-12(14,15)16)13-24-9(19)6-18(3)7-10(20)25-13/h4-5,17H,6-8H2,1-3H3/b5-4+.